The number of carbonyl (C=O) groups excluding carboxylic acids is 1. The summed E-state index contributed by atoms with van der Waals surface area (Å²) >= 11 is 0. The molecule has 0 aliphatic rings. The minimum absolute atomic E-state index is 0.135. The summed E-state index contributed by atoms with van der Waals surface area (Å²) in [5.41, 5.74) is 0. The zero-order valence-electron chi connectivity index (χ0n) is 5.85. The first-order valence-electron chi connectivity index (χ1n) is 2.95. The van der Waals surface area contributed by atoms with Crippen LogP contribution in [-0.2, 0) is 13.6 Å². The lowest BCUT2D eigenvalue weighted by molar-refractivity contribution is -0.134. The highest BCUT2D eigenvalue weighted by Crippen LogP contribution is 1.83. The van der Waals surface area contributed by atoms with Gasteiger partial charge in [-0.05, 0) is 0 Å². The average Bonchev–Trinajstić information content (AvgIpc) is 1.89. The maximum absolute atomic E-state index is 10.4. The van der Waals surface area contributed by atoms with Gasteiger partial charge in [0.25, 0.3) is 5.97 Å². The number of carbonyl (C=O) groups is 1. The normalized spacial score (nSPS) is 10.8. The average molecular weight is 164 g/mol. The van der Waals surface area contributed by atoms with Crippen LogP contribution in [0.1, 0.15) is 6.42 Å². The minimum Gasteiger partial charge on any atom is -0.529 e. The Labute approximate surface area is 60.2 Å². The van der Waals surface area contributed by atoms with E-state index in [0.29, 0.717) is 23.5 Å². The lowest BCUT2D eigenvalue weighted by Crippen LogP contribution is -2.06. The summed E-state index contributed by atoms with van der Waals surface area (Å²) in [7, 11) is 0.164. The first-order valence-corrected chi connectivity index (χ1v) is 5.76. The van der Waals surface area contributed by atoms with E-state index in [9.17, 15) is 4.79 Å². The molecule has 54 valence electrons. The van der Waals surface area contributed by atoms with Crippen LogP contribution in [0, 0.1) is 0 Å². The fourth-order valence-electron chi connectivity index (χ4n) is 0.402. The van der Waals surface area contributed by atoms with Crippen LogP contribution in [-0.4, -0.2) is 32.8 Å². The summed E-state index contributed by atoms with van der Waals surface area (Å²) in [6.45, 7) is 2.58. The molecule has 0 aliphatic heterocycles. The maximum Gasteiger partial charge on any atom is 0.294 e. The Hall–Kier alpha value is -0.136. The van der Waals surface area contributed by atoms with E-state index in [1.54, 1.807) is 0 Å². The van der Waals surface area contributed by atoms with Crippen molar-refractivity contribution in [3.05, 3.63) is 0 Å². The molecular weight excluding hydrogens is 152 g/mol. The Balaban J connectivity index is 2.97. The Morgan fingerprint density at radius 2 is 2.44 bits per heavy atom. The molecule has 0 aromatic rings. The lowest BCUT2D eigenvalue weighted by Gasteiger charge is -1.98. The summed E-state index contributed by atoms with van der Waals surface area (Å²) < 4.78 is 9.59. The fraction of sp³-hybridized carbons (Fsp3) is 0.750. The van der Waals surface area contributed by atoms with Gasteiger partial charge in [-0.15, -0.1) is 0 Å². The summed E-state index contributed by atoms with van der Waals surface area (Å²) in [6.07, 6.45) is 0.421. The Morgan fingerprint density at radius 3 is 2.89 bits per heavy atom. The molecule has 0 heterocycles. The number of hydrogen-bond donors (Lipinski definition) is 0. The molecule has 0 amide bonds. The van der Waals surface area contributed by atoms with E-state index >= 15 is 0 Å². The third-order valence-electron chi connectivity index (χ3n) is 0.882. The molecule has 0 fully saturated rings. The maximum atomic E-state index is 10.4. The second kappa shape index (κ2) is 5.99. The van der Waals surface area contributed by atoms with E-state index in [-0.39, 0.29) is 15.7 Å². The van der Waals surface area contributed by atoms with Gasteiger partial charge in [-0.1, -0.05) is 6.55 Å². The van der Waals surface area contributed by atoms with Crippen LogP contribution in [0.15, 0.2) is 0 Å². The zero-order valence-corrected chi connectivity index (χ0v) is 9.26. The number of rotatable bonds is 4. The lowest BCUT2D eigenvalue weighted by atomic mass is 10.5. The predicted molar refractivity (Wildman–Crippen MR) is 41.0 cm³/mol. The molecule has 9 heavy (non-hydrogen) atoms. The van der Waals surface area contributed by atoms with Crippen molar-refractivity contribution in [3.8, 4) is 0 Å². The molecule has 3 nitrogen and oxygen atoms in total. The number of hydrogen-bond acceptors (Lipinski definition) is 3. The highest BCUT2D eigenvalue weighted by Gasteiger charge is 1.95. The summed E-state index contributed by atoms with van der Waals surface area (Å²) in [5, 5.41) is 0. The van der Waals surface area contributed by atoms with Gasteiger partial charge < -0.3 is 8.85 Å². The van der Waals surface area contributed by atoms with Crippen LogP contribution >= 0.6 is 0 Å². The predicted octanol–water partition coefficient (Wildman–Crippen LogP) is -1.65. The topological polar surface area (TPSA) is 35.5 Å². The molecule has 0 aliphatic carbocycles. The molecule has 0 unspecified atom stereocenters. The third kappa shape index (κ3) is 5.74. The van der Waals surface area contributed by atoms with E-state index < -0.39 is 0 Å². The summed E-state index contributed by atoms with van der Waals surface area (Å²) in [6, 6.07) is 0. The van der Waals surface area contributed by atoms with E-state index in [1.807, 2.05) is 6.55 Å². The molecule has 0 N–H and O–H groups in total. The van der Waals surface area contributed by atoms with Crippen molar-refractivity contribution in [2.75, 3.05) is 6.61 Å². The van der Waals surface area contributed by atoms with Crippen molar-refractivity contribution < 1.29 is 13.6 Å². The molecule has 0 saturated heterocycles. The monoisotopic (exact) mass is 164 g/mol. The summed E-state index contributed by atoms with van der Waals surface area (Å²) in [4.78, 5) is 10.4. The first kappa shape index (κ1) is 8.86. The van der Waals surface area contributed by atoms with Crippen molar-refractivity contribution >= 4 is 26.2 Å². The summed E-state index contributed by atoms with van der Waals surface area (Å²) in [5.74, 6) is -0.135. The van der Waals surface area contributed by atoms with Crippen molar-refractivity contribution in [2.24, 2.45) is 0 Å². The van der Waals surface area contributed by atoms with Crippen LogP contribution < -0.4 is 0 Å². The molecule has 0 aromatic carbocycles. The zero-order chi connectivity index (χ0) is 7.11. The van der Waals surface area contributed by atoms with Gasteiger partial charge in [0, 0.05) is 6.61 Å². The van der Waals surface area contributed by atoms with Gasteiger partial charge in [0.05, 0.1) is 6.42 Å². The van der Waals surface area contributed by atoms with Crippen LogP contribution in [0.3, 0.4) is 0 Å². The second-order valence-electron chi connectivity index (χ2n) is 1.52. The van der Waals surface area contributed by atoms with Gasteiger partial charge in [-0.3, -0.25) is 4.79 Å². The van der Waals surface area contributed by atoms with Crippen LogP contribution in [0.4, 0.5) is 0 Å². The minimum atomic E-state index is -0.333. The highest BCUT2D eigenvalue weighted by molar-refractivity contribution is 6.24. The molecule has 0 aromatic heterocycles. The van der Waals surface area contributed by atoms with Crippen LogP contribution in [0.5, 0.6) is 0 Å². The van der Waals surface area contributed by atoms with Gasteiger partial charge >= 0.3 is 0 Å². The highest BCUT2D eigenvalue weighted by atomic mass is 28.2. The van der Waals surface area contributed by atoms with E-state index in [4.69, 9.17) is 4.43 Å². The van der Waals surface area contributed by atoms with Crippen LogP contribution in [0.2, 0.25) is 6.55 Å². The molecule has 0 spiro atoms. The molecule has 0 saturated carbocycles. The van der Waals surface area contributed by atoms with Gasteiger partial charge in [-0.25, -0.2) is 0 Å². The quantitative estimate of drug-likeness (QED) is 0.369. The molecule has 0 bridgehead atoms. The van der Waals surface area contributed by atoms with E-state index in [1.165, 1.54) is 0 Å². The standard InChI is InChI=1S/C4H12O3Si2/c1-9-6-3-2-4(5)7-8/h2-3,9H2,1,8H3. The van der Waals surface area contributed by atoms with Gasteiger partial charge in [0.2, 0.25) is 10.5 Å². The van der Waals surface area contributed by atoms with E-state index in [0.717, 1.165) is 0 Å². The Bertz CT molecular complexity index is 85.9. The van der Waals surface area contributed by atoms with Crippen molar-refractivity contribution in [2.45, 2.75) is 13.0 Å². The van der Waals surface area contributed by atoms with Gasteiger partial charge in [0.15, 0.2) is 9.76 Å². The van der Waals surface area contributed by atoms with Gasteiger partial charge in [-0.2, -0.15) is 0 Å². The first-order chi connectivity index (χ1) is 4.31. The molecular formula is C4H12O3Si2. The smallest absolute Gasteiger partial charge is 0.294 e. The Morgan fingerprint density at radius 1 is 1.78 bits per heavy atom. The molecule has 0 radical (unpaired) electrons. The van der Waals surface area contributed by atoms with Crippen molar-refractivity contribution in [3.63, 3.8) is 0 Å². The molecule has 0 atom stereocenters. The Kier molecular flexibility index (Phi) is 5.90. The van der Waals surface area contributed by atoms with Crippen molar-refractivity contribution in [1.29, 1.82) is 0 Å². The van der Waals surface area contributed by atoms with Crippen LogP contribution in [0.25, 0.3) is 0 Å². The van der Waals surface area contributed by atoms with Gasteiger partial charge in [0.1, 0.15) is 0 Å². The second-order valence-corrected chi connectivity index (χ2v) is 2.92. The molecule has 0 rings (SSSR count). The van der Waals surface area contributed by atoms with E-state index in [2.05, 4.69) is 4.43 Å². The SMILES string of the molecule is C[SiH2]OCCC(=O)O[SiH3]. The van der Waals surface area contributed by atoms with Crippen molar-refractivity contribution in [1.82, 2.24) is 0 Å². The largest absolute Gasteiger partial charge is 0.529 e. The molecule has 5 heteroatoms. The fourth-order valence-corrected chi connectivity index (χ4v) is 1.04. The third-order valence-corrected chi connectivity index (χ3v) is 2.03.